The Morgan fingerprint density at radius 1 is 1.23 bits per heavy atom. The summed E-state index contributed by atoms with van der Waals surface area (Å²) in [6.45, 7) is 2.38. The first kappa shape index (κ1) is 20.4. The van der Waals surface area contributed by atoms with Crippen LogP contribution in [-0.2, 0) is 4.79 Å². The standard InChI is InChI=1S/C23H26ClN5O/c1-26-13-18(12-25)16-2-4-17(5-3-16)19-14-27-15-20(24)21(19)29-10-7-23(8-11-29)6-9-28-22(23)30/h2-5,12-15,25-26H,6-11H2,1H3,(H,28,30)/b18-13+,25-12?. The van der Waals surface area contributed by atoms with E-state index in [1.165, 1.54) is 6.21 Å². The number of nitrogens with zero attached hydrogens (tertiary/aromatic N) is 2. The number of carbonyl (C=O) groups is 1. The molecule has 1 amide bonds. The number of amides is 1. The zero-order valence-electron chi connectivity index (χ0n) is 17.0. The number of piperidine rings is 1. The van der Waals surface area contributed by atoms with Crippen LogP contribution in [0.4, 0.5) is 5.69 Å². The van der Waals surface area contributed by atoms with Gasteiger partial charge in [0.15, 0.2) is 0 Å². The second kappa shape index (κ2) is 8.48. The molecule has 0 atom stereocenters. The van der Waals surface area contributed by atoms with E-state index in [2.05, 4.69) is 20.5 Å². The van der Waals surface area contributed by atoms with Gasteiger partial charge in [0, 0.05) is 62.6 Å². The Morgan fingerprint density at radius 2 is 1.97 bits per heavy atom. The summed E-state index contributed by atoms with van der Waals surface area (Å²) in [6.07, 6.45) is 9.28. The number of carbonyl (C=O) groups excluding carboxylic acids is 1. The van der Waals surface area contributed by atoms with Crippen LogP contribution in [-0.4, -0.2) is 43.8 Å². The van der Waals surface area contributed by atoms with Gasteiger partial charge in [-0.15, -0.1) is 0 Å². The first-order valence-corrected chi connectivity index (χ1v) is 10.6. The average Bonchev–Trinajstić information content (AvgIpc) is 3.12. The average molecular weight is 424 g/mol. The Hall–Kier alpha value is -2.86. The number of pyridine rings is 1. The van der Waals surface area contributed by atoms with Crippen molar-refractivity contribution in [3.8, 4) is 11.1 Å². The van der Waals surface area contributed by atoms with E-state index in [0.29, 0.717) is 5.02 Å². The molecule has 0 bridgehead atoms. The van der Waals surface area contributed by atoms with Crippen molar-refractivity contribution in [2.45, 2.75) is 19.3 Å². The van der Waals surface area contributed by atoms with Crippen LogP contribution >= 0.6 is 11.6 Å². The molecule has 2 aromatic rings. The molecule has 1 aromatic heterocycles. The molecule has 2 aliphatic heterocycles. The lowest BCUT2D eigenvalue weighted by Gasteiger charge is -2.39. The highest BCUT2D eigenvalue weighted by atomic mass is 35.5. The number of halogens is 1. The van der Waals surface area contributed by atoms with Gasteiger partial charge in [-0.2, -0.15) is 0 Å². The Bertz CT molecular complexity index is 978. The number of aromatic nitrogens is 1. The van der Waals surface area contributed by atoms with Crippen molar-refractivity contribution in [3.05, 3.63) is 53.4 Å². The van der Waals surface area contributed by atoms with Gasteiger partial charge in [-0.05, 0) is 30.4 Å². The van der Waals surface area contributed by atoms with Gasteiger partial charge < -0.3 is 20.9 Å². The van der Waals surface area contributed by atoms with Crippen LogP contribution in [0, 0.1) is 10.8 Å². The largest absolute Gasteiger partial charge is 0.393 e. The molecule has 2 saturated heterocycles. The third-order valence-electron chi connectivity index (χ3n) is 6.26. The lowest BCUT2D eigenvalue weighted by atomic mass is 9.77. The molecule has 7 heteroatoms. The van der Waals surface area contributed by atoms with Gasteiger partial charge in [-0.3, -0.25) is 9.78 Å². The monoisotopic (exact) mass is 423 g/mol. The molecule has 0 aliphatic carbocycles. The highest BCUT2D eigenvalue weighted by Crippen LogP contribution is 2.43. The minimum atomic E-state index is -0.208. The van der Waals surface area contributed by atoms with E-state index < -0.39 is 0 Å². The van der Waals surface area contributed by atoms with Gasteiger partial charge in [-0.25, -0.2) is 0 Å². The van der Waals surface area contributed by atoms with Gasteiger partial charge in [0.2, 0.25) is 5.91 Å². The quantitative estimate of drug-likeness (QED) is 0.640. The van der Waals surface area contributed by atoms with Gasteiger partial charge in [-0.1, -0.05) is 35.9 Å². The molecule has 1 aromatic carbocycles. The molecule has 0 saturated carbocycles. The number of hydrogen-bond donors (Lipinski definition) is 3. The highest BCUT2D eigenvalue weighted by Gasteiger charge is 2.44. The number of rotatable bonds is 5. The van der Waals surface area contributed by atoms with Crippen molar-refractivity contribution < 1.29 is 4.79 Å². The van der Waals surface area contributed by atoms with E-state index in [1.54, 1.807) is 12.4 Å². The first-order valence-electron chi connectivity index (χ1n) is 10.2. The third-order valence-corrected chi connectivity index (χ3v) is 6.54. The van der Waals surface area contributed by atoms with E-state index in [1.807, 2.05) is 37.5 Å². The molecular weight excluding hydrogens is 398 g/mol. The molecule has 3 heterocycles. The Morgan fingerprint density at radius 3 is 2.57 bits per heavy atom. The molecular formula is C23H26ClN5O. The molecule has 2 aliphatic rings. The summed E-state index contributed by atoms with van der Waals surface area (Å²) in [5.74, 6) is 0.204. The maximum atomic E-state index is 12.3. The summed E-state index contributed by atoms with van der Waals surface area (Å²) in [4.78, 5) is 18.9. The highest BCUT2D eigenvalue weighted by molar-refractivity contribution is 6.33. The van der Waals surface area contributed by atoms with Crippen LogP contribution in [0.25, 0.3) is 16.7 Å². The normalized spacial score (nSPS) is 18.4. The minimum absolute atomic E-state index is 0.204. The van der Waals surface area contributed by atoms with Crippen molar-refractivity contribution in [1.29, 1.82) is 5.41 Å². The van der Waals surface area contributed by atoms with Crippen LogP contribution < -0.4 is 15.5 Å². The van der Waals surface area contributed by atoms with Gasteiger partial charge in [0.1, 0.15) is 0 Å². The molecule has 4 rings (SSSR count). The van der Waals surface area contributed by atoms with Gasteiger partial charge in [0.25, 0.3) is 0 Å². The van der Waals surface area contributed by atoms with E-state index >= 15 is 0 Å². The summed E-state index contributed by atoms with van der Waals surface area (Å²) in [6, 6.07) is 8.08. The summed E-state index contributed by atoms with van der Waals surface area (Å²) >= 11 is 6.61. The van der Waals surface area contributed by atoms with E-state index in [-0.39, 0.29) is 11.3 Å². The molecule has 6 nitrogen and oxygen atoms in total. The molecule has 2 fully saturated rings. The summed E-state index contributed by atoms with van der Waals surface area (Å²) < 4.78 is 0. The van der Waals surface area contributed by atoms with Crippen molar-refractivity contribution >= 4 is 35.0 Å². The van der Waals surface area contributed by atoms with Crippen molar-refractivity contribution in [1.82, 2.24) is 15.6 Å². The van der Waals surface area contributed by atoms with Crippen molar-refractivity contribution in [2.75, 3.05) is 31.6 Å². The third kappa shape index (κ3) is 3.67. The molecule has 156 valence electrons. The second-order valence-corrected chi connectivity index (χ2v) is 8.31. The molecule has 1 spiro atoms. The Kier molecular flexibility index (Phi) is 5.77. The fraction of sp³-hybridized carbons (Fsp3) is 0.348. The smallest absolute Gasteiger partial charge is 0.226 e. The number of hydrogen-bond acceptors (Lipinski definition) is 5. The van der Waals surface area contributed by atoms with Crippen LogP contribution in [0.2, 0.25) is 5.02 Å². The van der Waals surface area contributed by atoms with Gasteiger partial charge >= 0.3 is 0 Å². The molecule has 30 heavy (non-hydrogen) atoms. The molecule has 0 radical (unpaired) electrons. The van der Waals surface area contributed by atoms with E-state index in [4.69, 9.17) is 17.0 Å². The van der Waals surface area contributed by atoms with Crippen molar-refractivity contribution in [3.63, 3.8) is 0 Å². The Labute approximate surface area is 181 Å². The zero-order chi connectivity index (χ0) is 21.1. The maximum absolute atomic E-state index is 12.3. The Balaban J connectivity index is 1.62. The fourth-order valence-electron chi connectivity index (χ4n) is 4.52. The summed E-state index contributed by atoms with van der Waals surface area (Å²) in [5.41, 5.74) is 4.55. The van der Waals surface area contributed by atoms with E-state index in [0.717, 1.165) is 66.8 Å². The lowest BCUT2D eigenvalue weighted by Crippen LogP contribution is -2.44. The SMILES string of the molecule is CN/C=C(\C=N)c1ccc(-c2cncc(Cl)c2N2CCC3(CCNC3=O)CC2)cc1. The number of anilines is 1. The van der Waals surface area contributed by atoms with Crippen LogP contribution in [0.3, 0.4) is 0 Å². The topological polar surface area (TPSA) is 81.1 Å². The van der Waals surface area contributed by atoms with Crippen LogP contribution in [0.15, 0.2) is 42.9 Å². The number of nitrogens with one attached hydrogen (secondary N) is 3. The predicted molar refractivity (Wildman–Crippen MR) is 122 cm³/mol. The lowest BCUT2D eigenvalue weighted by molar-refractivity contribution is -0.128. The van der Waals surface area contributed by atoms with E-state index in [9.17, 15) is 4.79 Å². The van der Waals surface area contributed by atoms with Crippen molar-refractivity contribution in [2.24, 2.45) is 5.41 Å². The zero-order valence-corrected chi connectivity index (χ0v) is 17.8. The molecule has 3 N–H and O–H groups in total. The number of allylic oxidation sites excluding steroid dienone is 1. The fourth-order valence-corrected chi connectivity index (χ4v) is 4.80. The molecule has 0 unspecified atom stereocenters. The van der Waals surface area contributed by atoms with Gasteiger partial charge in [0.05, 0.1) is 16.1 Å². The van der Waals surface area contributed by atoms with Crippen LogP contribution in [0.5, 0.6) is 0 Å². The predicted octanol–water partition coefficient (Wildman–Crippen LogP) is 3.72. The minimum Gasteiger partial charge on any atom is -0.393 e. The summed E-state index contributed by atoms with van der Waals surface area (Å²) in [7, 11) is 1.82. The maximum Gasteiger partial charge on any atom is 0.226 e. The second-order valence-electron chi connectivity index (χ2n) is 7.90. The number of benzene rings is 1. The summed E-state index contributed by atoms with van der Waals surface area (Å²) in [5, 5.41) is 14.2. The van der Waals surface area contributed by atoms with Crippen LogP contribution in [0.1, 0.15) is 24.8 Å². The first-order chi connectivity index (χ1) is 14.6.